The molecule has 0 aliphatic carbocycles. The highest BCUT2D eigenvalue weighted by atomic mass is 35.5. The zero-order chi connectivity index (χ0) is 13.1. The van der Waals surface area contributed by atoms with Gasteiger partial charge in [0.15, 0.2) is 0 Å². The van der Waals surface area contributed by atoms with Crippen LogP contribution in [-0.4, -0.2) is 12.1 Å². The lowest BCUT2D eigenvalue weighted by atomic mass is 10.2. The fraction of sp³-hybridized carbons (Fsp3) is 0.250. The second-order valence-electron chi connectivity index (χ2n) is 3.65. The van der Waals surface area contributed by atoms with E-state index < -0.39 is 0 Å². The van der Waals surface area contributed by atoms with Crippen LogP contribution in [0.1, 0.15) is 10.6 Å². The van der Waals surface area contributed by atoms with Gasteiger partial charge < -0.3 is 10.5 Å². The molecule has 0 radical (unpaired) electrons. The molecule has 96 valence electrons. The molecule has 2 N–H and O–H groups in total. The van der Waals surface area contributed by atoms with Gasteiger partial charge in [-0.05, 0) is 12.1 Å². The number of rotatable bonds is 4. The van der Waals surface area contributed by atoms with Crippen LogP contribution in [0.25, 0.3) is 10.6 Å². The van der Waals surface area contributed by atoms with Crippen molar-refractivity contribution in [2.45, 2.75) is 13.2 Å². The number of methoxy groups -OCH3 is 1. The van der Waals surface area contributed by atoms with Crippen LogP contribution in [0.5, 0.6) is 0 Å². The smallest absolute Gasteiger partial charge is 0.124 e. The summed E-state index contributed by atoms with van der Waals surface area (Å²) in [6.07, 6.45) is 0. The molecule has 18 heavy (non-hydrogen) atoms. The quantitative estimate of drug-likeness (QED) is 0.936. The summed E-state index contributed by atoms with van der Waals surface area (Å²) in [5.74, 6) is 0. The number of hydrogen-bond acceptors (Lipinski definition) is 4. The van der Waals surface area contributed by atoms with E-state index in [-0.39, 0.29) is 0 Å². The van der Waals surface area contributed by atoms with E-state index in [0.29, 0.717) is 23.2 Å². The van der Waals surface area contributed by atoms with Crippen LogP contribution in [-0.2, 0) is 17.9 Å². The molecule has 0 aliphatic heterocycles. The maximum Gasteiger partial charge on any atom is 0.124 e. The number of nitrogens with two attached hydrogens (primary N) is 1. The number of hydrogen-bond donors (Lipinski definition) is 1. The maximum atomic E-state index is 6.00. The molecule has 0 unspecified atom stereocenters. The second-order valence-corrected chi connectivity index (χ2v) is 5.55. The number of thiazole rings is 1. The molecule has 1 heterocycles. The van der Waals surface area contributed by atoms with Crippen molar-refractivity contribution in [1.29, 1.82) is 0 Å². The summed E-state index contributed by atoms with van der Waals surface area (Å²) in [5, 5.41) is 1.93. The van der Waals surface area contributed by atoms with E-state index in [4.69, 9.17) is 33.7 Å². The van der Waals surface area contributed by atoms with E-state index in [9.17, 15) is 0 Å². The molecule has 0 aliphatic rings. The Morgan fingerprint density at radius 2 is 2.11 bits per heavy atom. The summed E-state index contributed by atoms with van der Waals surface area (Å²) in [6.45, 7) is 0.919. The minimum Gasteiger partial charge on any atom is -0.378 e. The molecule has 0 saturated carbocycles. The predicted molar refractivity (Wildman–Crippen MR) is 76.2 cm³/mol. The Morgan fingerprint density at radius 3 is 2.72 bits per heavy atom. The normalized spacial score (nSPS) is 10.9. The lowest BCUT2D eigenvalue weighted by Gasteiger charge is -1.99. The van der Waals surface area contributed by atoms with Crippen LogP contribution in [0.15, 0.2) is 18.2 Å². The van der Waals surface area contributed by atoms with Gasteiger partial charge in [0.2, 0.25) is 0 Å². The van der Waals surface area contributed by atoms with Crippen LogP contribution in [0.2, 0.25) is 10.0 Å². The van der Waals surface area contributed by atoms with Gasteiger partial charge in [-0.3, -0.25) is 0 Å². The third-order valence-corrected chi connectivity index (χ3v) is 4.32. The van der Waals surface area contributed by atoms with Crippen molar-refractivity contribution in [1.82, 2.24) is 4.98 Å². The van der Waals surface area contributed by atoms with Crippen LogP contribution < -0.4 is 5.73 Å². The number of ether oxygens (including phenoxy) is 1. The van der Waals surface area contributed by atoms with Crippen molar-refractivity contribution in [2.75, 3.05) is 7.11 Å². The van der Waals surface area contributed by atoms with Gasteiger partial charge in [0.05, 0.1) is 22.3 Å². The highest BCUT2D eigenvalue weighted by Gasteiger charge is 2.12. The number of benzene rings is 1. The van der Waals surface area contributed by atoms with Crippen LogP contribution in [0, 0.1) is 0 Å². The highest BCUT2D eigenvalue weighted by molar-refractivity contribution is 7.15. The van der Waals surface area contributed by atoms with Crippen molar-refractivity contribution < 1.29 is 4.74 Å². The van der Waals surface area contributed by atoms with Crippen molar-refractivity contribution >= 4 is 34.5 Å². The molecular weight excluding hydrogens is 291 g/mol. The van der Waals surface area contributed by atoms with Crippen molar-refractivity contribution in [3.63, 3.8) is 0 Å². The first-order valence-corrected chi connectivity index (χ1v) is 6.86. The minimum absolute atomic E-state index is 0.456. The lowest BCUT2D eigenvalue weighted by molar-refractivity contribution is 0.181. The summed E-state index contributed by atoms with van der Waals surface area (Å²) in [5.41, 5.74) is 7.51. The summed E-state index contributed by atoms with van der Waals surface area (Å²) in [7, 11) is 1.64. The Bertz CT molecular complexity index is 557. The molecule has 0 spiro atoms. The standard InChI is InChI=1S/C12H12Cl2N2OS/c1-17-6-10-11(5-15)18-12(16-10)7-2-3-8(13)9(14)4-7/h2-4H,5-6,15H2,1H3. The van der Waals surface area contributed by atoms with Crippen molar-refractivity contribution in [3.8, 4) is 10.6 Å². The van der Waals surface area contributed by atoms with Gasteiger partial charge in [0.1, 0.15) is 5.01 Å². The minimum atomic E-state index is 0.456. The Hall–Kier alpha value is -0.650. The van der Waals surface area contributed by atoms with Crippen LogP contribution >= 0.6 is 34.5 Å². The Morgan fingerprint density at radius 1 is 1.33 bits per heavy atom. The largest absolute Gasteiger partial charge is 0.378 e. The first-order chi connectivity index (χ1) is 8.65. The average molecular weight is 303 g/mol. The third-order valence-electron chi connectivity index (χ3n) is 2.41. The van der Waals surface area contributed by atoms with Gasteiger partial charge >= 0.3 is 0 Å². The molecule has 2 aromatic rings. The second kappa shape index (κ2) is 5.99. The van der Waals surface area contributed by atoms with Gasteiger partial charge in [0.25, 0.3) is 0 Å². The van der Waals surface area contributed by atoms with Crippen LogP contribution in [0.3, 0.4) is 0 Å². The fourth-order valence-electron chi connectivity index (χ4n) is 1.54. The Balaban J connectivity index is 2.40. The van der Waals surface area contributed by atoms with Crippen LogP contribution in [0.4, 0.5) is 0 Å². The molecule has 0 atom stereocenters. The topological polar surface area (TPSA) is 48.1 Å². The van der Waals surface area contributed by atoms with Crippen molar-refractivity contribution in [2.24, 2.45) is 5.73 Å². The predicted octanol–water partition coefficient (Wildman–Crippen LogP) is 3.72. The zero-order valence-corrected chi connectivity index (χ0v) is 12.1. The zero-order valence-electron chi connectivity index (χ0n) is 9.74. The third kappa shape index (κ3) is 2.84. The van der Waals surface area contributed by atoms with Gasteiger partial charge in [-0.25, -0.2) is 4.98 Å². The van der Waals surface area contributed by atoms with Crippen molar-refractivity contribution in [3.05, 3.63) is 38.8 Å². The molecule has 0 amide bonds. The molecule has 6 heteroatoms. The van der Waals surface area contributed by atoms with E-state index in [2.05, 4.69) is 4.98 Å². The fourth-order valence-corrected chi connectivity index (χ4v) is 2.78. The first kappa shape index (κ1) is 13.8. The summed E-state index contributed by atoms with van der Waals surface area (Å²) in [6, 6.07) is 5.46. The van der Waals surface area contributed by atoms with E-state index in [1.807, 2.05) is 6.07 Å². The number of halogens is 2. The highest BCUT2D eigenvalue weighted by Crippen LogP contribution is 2.32. The molecule has 1 aromatic heterocycles. The molecule has 0 fully saturated rings. The van der Waals surface area contributed by atoms with E-state index >= 15 is 0 Å². The summed E-state index contributed by atoms with van der Waals surface area (Å²) >= 11 is 13.4. The molecule has 0 bridgehead atoms. The Kier molecular flexibility index (Phi) is 4.59. The summed E-state index contributed by atoms with van der Waals surface area (Å²) in [4.78, 5) is 5.55. The molecule has 2 rings (SSSR count). The Labute approximate surface area is 120 Å². The number of nitrogens with zero attached hydrogens (tertiary/aromatic N) is 1. The van der Waals surface area contributed by atoms with Gasteiger partial charge in [-0.1, -0.05) is 29.3 Å². The van der Waals surface area contributed by atoms with Gasteiger partial charge in [0, 0.05) is 24.1 Å². The SMILES string of the molecule is COCc1nc(-c2ccc(Cl)c(Cl)c2)sc1CN. The molecule has 0 saturated heterocycles. The summed E-state index contributed by atoms with van der Waals surface area (Å²) < 4.78 is 5.10. The lowest BCUT2D eigenvalue weighted by Crippen LogP contribution is -1.99. The number of aromatic nitrogens is 1. The molecule has 3 nitrogen and oxygen atoms in total. The average Bonchev–Trinajstić information content (AvgIpc) is 2.76. The molecule has 1 aromatic carbocycles. The van der Waals surface area contributed by atoms with Gasteiger partial charge in [-0.2, -0.15) is 0 Å². The monoisotopic (exact) mass is 302 g/mol. The van der Waals surface area contributed by atoms with E-state index in [1.54, 1.807) is 30.6 Å². The molecular formula is C12H12Cl2N2OS. The first-order valence-electron chi connectivity index (χ1n) is 5.28. The van der Waals surface area contributed by atoms with Gasteiger partial charge in [-0.15, -0.1) is 11.3 Å². The van der Waals surface area contributed by atoms with E-state index in [0.717, 1.165) is 21.1 Å². The maximum absolute atomic E-state index is 6.00. The van der Waals surface area contributed by atoms with E-state index in [1.165, 1.54) is 0 Å².